The van der Waals surface area contributed by atoms with Gasteiger partial charge in [0.25, 0.3) is 0 Å². The lowest BCUT2D eigenvalue weighted by atomic mass is 10.3. The highest BCUT2D eigenvalue weighted by molar-refractivity contribution is 7.17. The van der Waals surface area contributed by atoms with Crippen molar-refractivity contribution in [2.24, 2.45) is 0 Å². The standard InChI is InChI=1S/C12H11FN2O3S/c1-2-17-12(16)15-11-14-7-10(19-11)18-9-5-3-8(13)4-6-9/h3-7H,2H2,1H3,(H,14,15,16). The van der Waals surface area contributed by atoms with Crippen molar-refractivity contribution in [3.63, 3.8) is 0 Å². The second-order valence-corrected chi connectivity index (χ2v) is 4.38. The van der Waals surface area contributed by atoms with Crippen molar-refractivity contribution in [3.8, 4) is 10.8 Å². The van der Waals surface area contributed by atoms with Gasteiger partial charge in [-0.15, -0.1) is 0 Å². The van der Waals surface area contributed by atoms with Gasteiger partial charge in [-0.3, -0.25) is 5.32 Å². The van der Waals surface area contributed by atoms with Crippen molar-refractivity contribution in [3.05, 3.63) is 36.3 Å². The van der Waals surface area contributed by atoms with Gasteiger partial charge in [0.05, 0.1) is 12.8 Å². The fraction of sp³-hybridized carbons (Fsp3) is 0.167. The van der Waals surface area contributed by atoms with Gasteiger partial charge in [-0.1, -0.05) is 11.3 Å². The van der Waals surface area contributed by atoms with Gasteiger partial charge in [-0.05, 0) is 31.2 Å². The lowest BCUT2D eigenvalue weighted by Gasteiger charge is -2.01. The van der Waals surface area contributed by atoms with Gasteiger partial charge in [0.1, 0.15) is 11.6 Å². The molecule has 0 saturated heterocycles. The zero-order valence-electron chi connectivity index (χ0n) is 10.1. The van der Waals surface area contributed by atoms with Crippen molar-refractivity contribution in [2.75, 3.05) is 11.9 Å². The van der Waals surface area contributed by atoms with Gasteiger partial charge < -0.3 is 9.47 Å². The average Bonchev–Trinajstić information content (AvgIpc) is 2.80. The van der Waals surface area contributed by atoms with E-state index in [2.05, 4.69) is 10.3 Å². The topological polar surface area (TPSA) is 60.5 Å². The van der Waals surface area contributed by atoms with E-state index in [4.69, 9.17) is 9.47 Å². The van der Waals surface area contributed by atoms with Gasteiger partial charge in [0.2, 0.25) is 5.06 Å². The van der Waals surface area contributed by atoms with Gasteiger partial charge in [-0.25, -0.2) is 14.2 Å². The summed E-state index contributed by atoms with van der Waals surface area (Å²) in [4.78, 5) is 15.1. The molecule has 2 rings (SSSR count). The molecule has 1 N–H and O–H groups in total. The molecule has 1 aromatic carbocycles. The summed E-state index contributed by atoms with van der Waals surface area (Å²) in [5.41, 5.74) is 0. The van der Waals surface area contributed by atoms with E-state index in [9.17, 15) is 9.18 Å². The molecule has 7 heteroatoms. The van der Waals surface area contributed by atoms with E-state index in [1.165, 1.54) is 30.5 Å². The number of carbonyl (C=O) groups excluding carboxylic acids is 1. The summed E-state index contributed by atoms with van der Waals surface area (Å²) in [5, 5.41) is 3.32. The van der Waals surface area contributed by atoms with Crippen LogP contribution in [0.5, 0.6) is 10.8 Å². The first kappa shape index (κ1) is 13.3. The van der Waals surface area contributed by atoms with Crippen molar-refractivity contribution in [1.82, 2.24) is 4.98 Å². The molecule has 0 aliphatic heterocycles. The summed E-state index contributed by atoms with van der Waals surface area (Å²) < 4.78 is 22.9. The number of nitrogens with zero attached hydrogens (tertiary/aromatic N) is 1. The molecule has 0 aliphatic carbocycles. The summed E-state index contributed by atoms with van der Waals surface area (Å²) in [6.45, 7) is 2.00. The van der Waals surface area contributed by atoms with Crippen LogP contribution in [0.25, 0.3) is 0 Å². The van der Waals surface area contributed by atoms with Crippen LogP contribution in [0.3, 0.4) is 0 Å². The Hall–Kier alpha value is -2.15. The van der Waals surface area contributed by atoms with E-state index < -0.39 is 6.09 Å². The number of anilines is 1. The van der Waals surface area contributed by atoms with Crippen LogP contribution in [-0.4, -0.2) is 17.7 Å². The number of amides is 1. The van der Waals surface area contributed by atoms with Gasteiger partial charge in [0.15, 0.2) is 5.13 Å². The normalized spacial score (nSPS) is 10.0. The number of hydrogen-bond acceptors (Lipinski definition) is 5. The Morgan fingerprint density at radius 1 is 1.42 bits per heavy atom. The van der Waals surface area contributed by atoms with Crippen LogP contribution >= 0.6 is 11.3 Å². The molecular weight excluding hydrogens is 271 g/mol. The van der Waals surface area contributed by atoms with Crippen molar-refractivity contribution in [2.45, 2.75) is 6.92 Å². The quantitative estimate of drug-likeness (QED) is 0.930. The van der Waals surface area contributed by atoms with E-state index >= 15 is 0 Å². The molecule has 5 nitrogen and oxygen atoms in total. The van der Waals surface area contributed by atoms with Crippen LogP contribution in [0.4, 0.5) is 14.3 Å². The number of aromatic nitrogens is 1. The average molecular weight is 282 g/mol. The zero-order valence-corrected chi connectivity index (χ0v) is 10.9. The number of halogens is 1. The molecule has 0 aliphatic rings. The molecule has 19 heavy (non-hydrogen) atoms. The molecular formula is C12H11FN2O3S. The highest BCUT2D eigenvalue weighted by Crippen LogP contribution is 2.30. The van der Waals surface area contributed by atoms with E-state index in [1.54, 1.807) is 6.92 Å². The maximum absolute atomic E-state index is 12.7. The van der Waals surface area contributed by atoms with Crippen LogP contribution in [0.15, 0.2) is 30.5 Å². The molecule has 100 valence electrons. The number of thiazole rings is 1. The van der Waals surface area contributed by atoms with E-state index in [0.717, 1.165) is 11.3 Å². The van der Waals surface area contributed by atoms with Crippen molar-refractivity contribution in [1.29, 1.82) is 0 Å². The predicted octanol–water partition coefficient (Wildman–Crippen LogP) is 3.64. The second-order valence-electron chi connectivity index (χ2n) is 3.39. The fourth-order valence-corrected chi connectivity index (χ4v) is 1.91. The SMILES string of the molecule is CCOC(=O)Nc1ncc(Oc2ccc(F)cc2)s1. The number of carbonyl (C=O) groups is 1. The maximum atomic E-state index is 12.7. The van der Waals surface area contributed by atoms with Gasteiger partial charge >= 0.3 is 6.09 Å². The molecule has 0 radical (unpaired) electrons. The number of benzene rings is 1. The minimum Gasteiger partial charge on any atom is -0.450 e. The first-order chi connectivity index (χ1) is 9.17. The highest BCUT2D eigenvalue weighted by atomic mass is 32.1. The number of hydrogen-bond donors (Lipinski definition) is 1. The lowest BCUT2D eigenvalue weighted by molar-refractivity contribution is 0.168. The first-order valence-corrected chi connectivity index (χ1v) is 6.32. The molecule has 0 spiro atoms. The smallest absolute Gasteiger partial charge is 0.413 e. The fourth-order valence-electron chi connectivity index (χ4n) is 1.24. The summed E-state index contributed by atoms with van der Waals surface area (Å²) in [7, 11) is 0. The van der Waals surface area contributed by atoms with Crippen LogP contribution < -0.4 is 10.1 Å². The zero-order chi connectivity index (χ0) is 13.7. The van der Waals surface area contributed by atoms with Crippen molar-refractivity contribution < 1.29 is 18.7 Å². The number of ether oxygens (including phenoxy) is 2. The summed E-state index contributed by atoms with van der Waals surface area (Å²) >= 11 is 1.15. The highest BCUT2D eigenvalue weighted by Gasteiger charge is 2.08. The molecule has 1 heterocycles. The van der Waals surface area contributed by atoms with Crippen LogP contribution in [-0.2, 0) is 4.74 Å². The van der Waals surface area contributed by atoms with Crippen LogP contribution in [0, 0.1) is 5.82 Å². The third-order valence-corrected chi connectivity index (χ3v) is 2.79. The molecule has 1 aromatic heterocycles. The molecule has 2 aromatic rings. The van der Waals surface area contributed by atoms with E-state index in [1.807, 2.05) is 0 Å². The summed E-state index contributed by atoms with van der Waals surface area (Å²) in [6.07, 6.45) is 0.903. The Morgan fingerprint density at radius 2 is 2.16 bits per heavy atom. The third-order valence-electron chi connectivity index (χ3n) is 2.00. The summed E-state index contributed by atoms with van der Waals surface area (Å²) in [5.74, 6) is 0.161. The Labute approximate surface area is 113 Å². The predicted molar refractivity (Wildman–Crippen MR) is 69.2 cm³/mol. The maximum Gasteiger partial charge on any atom is 0.413 e. The van der Waals surface area contributed by atoms with E-state index in [0.29, 0.717) is 15.9 Å². The number of nitrogens with one attached hydrogen (secondary N) is 1. The van der Waals surface area contributed by atoms with Crippen LogP contribution in [0.1, 0.15) is 6.92 Å². The Bertz CT molecular complexity index is 556. The Kier molecular flexibility index (Phi) is 4.30. The summed E-state index contributed by atoms with van der Waals surface area (Å²) in [6, 6.07) is 5.61. The Balaban J connectivity index is 1.97. The molecule has 0 unspecified atom stereocenters. The molecule has 0 fully saturated rings. The number of rotatable bonds is 4. The minimum absolute atomic E-state index is 0.288. The molecule has 0 bridgehead atoms. The van der Waals surface area contributed by atoms with Crippen LogP contribution in [0.2, 0.25) is 0 Å². The van der Waals surface area contributed by atoms with E-state index in [-0.39, 0.29) is 12.4 Å². The minimum atomic E-state index is -0.565. The molecule has 0 atom stereocenters. The Morgan fingerprint density at radius 3 is 2.84 bits per heavy atom. The largest absolute Gasteiger partial charge is 0.450 e. The third kappa shape index (κ3) is 3.92. The van der Waals surface area contributed by atoms with Gasteiger partial charge in [-0.2, -0.15) is 0 Å². The van der Waals surface area contributed by atoms with Crippen molar-refractivity contribution >= 4 is 22.6 Å². The monoisotopic (exact) mass is 282 g/mol. The molecule has 1 amide bonds. The van der Waals surface area contributed by atoms with Gasteiger partial charge in [0, 0.05) is 0 Å². The molecule has 0 saturated carbocycles. The first-order valence-electron chi connectivity index (χ1n) is 5.50. The lowest BCUT2D eigenvalue weighted by Crippen LogP contribution is -2.12. The second kappa shape index (κ2) is 6.14.